The van der Waals surface area contributed by atoms with Gasteiger partial charge in [0.15, 0.2) is 5.69 Å². The van der Waals surface area contributed by atoms with Crippen LogP contribution >= 0.6 is 0 Å². The van der Waals surface area contributed by atoms with Crippen molar-refractivity contribution in [2.24, 2.45) is 0 Å². The molecule has 0 fully saturated rings. The van der Waals surface area contributed by atoms with Crippen molar-refractivity contribution in [2.45, 2.75) is 27.3 Å². The summed E-state index contributed by atoms with van der Waals surface area (Å²) in [5, 5.41) is 2.32. The number of aromatic nitrogens is 3. The monoisotopic (exact) mass is 594 g/mol. The first kappa shape index (κ1) is 21.9. The minimum absolute atomic E-state index is 0. The van der Waals surface area contributed by atoms with Crippen LogP contribution in [0.1, 0.15) is 18.1 Å². The average Bonchev–Trinajstić information content (AvgIpc) is 3.12. The Morgan fingerprint density at radius 3 is 2.53 bits per heavy atom. The van der Waals surface area contributed by atoms with E-state index in [0.29, 0.717) is 5.69 Å². The van der Waals surface area contributed by atoms with Gasteiger partial charge in [-0.05, 0) is 66.9 Å². The van der Waals surface area contributed by atoms with Gasteiger partial charge < -0.3 is 14.5 Å². The number of pyridine rings is 2. The van der Waals surface area contributed by atoms with Crippen molar-refractivity contribution in [1.29, 1.82) is 0 Å². The van der Waals surface area contributed by atoms with Gasteiger partial charge in [-0.2, -0.15) is 0 Å². The van der Waals surface area contributed by atoms with E-state index in [4.69, 9.17) is 11.6 Å². The first-order valence-electron chi connectivity index (χ1n) is 10.4. The van der Waals surface area contributed by atoms with E-state index in [2.05, 4.69) is 77.8 Å². The average molecular weight is 594 g/mol. The van der Waals surface area contributed by atoms with Crippen molar-refractivity contribution in [3.8, 4) is 22.4 Å². The summed E-state index contributed by atoms with van der Waals surface area (Å²) in [6.07, 6.45) is 5.10. The fourth-order valence-corrected chi connectivity index (χ4v) is 4.28. The van der Waals surface area contributed by atoms with Crippen LogP contribution in [0.5, 0.6) is 0 Å². The summed E-state index contributed by atoms with van der Waals surface area (Å²) in [5.74, 6) is 0. The van der Waals surface area contributed by atoms with Crippen LogP contribution in [-0.2, 0) is 26.7 Å². The van der Waals surface area contributed by atoms with E-state index >= 15 is 0 Å². The van der Waals surface area contributed by atoms with Crippen molar-refractivity contribution in [3.05, 3.63) is 89.5 Å². The molecule has 0 saturated heterocycles. The summed E-state index contributed by atoms with van der Waals surface area (Å²) in [6, 6.07) is 18.4. The zero-order valence-corrected chi connectivity index (χ0v) is 20.5. The maximum atomic E-state index is 7.31. The molecule has 0 bridgehead atoms. The van der Waals surface area contributed by atoms with Crippen LogP contribution < -0.4 is 0 Å². The van der Waals surface area contributed by atoms with Gasteiger partial charge in [0.2, 0.25) is 0 Å². The van der Waals surface area contributed by atoms with E-state index in [-0.39, 0.29) is 20.1 Å². The predicted molar refractivity (Wildman–Crippen MR) is 126 cm³/mol. The number of nitrogens with zero attached hydrogens (tertiary/aromatic N) is 4. The van der Waals surface area contributed by atoms with E-state index in [1.165, 1.54) is 10.9 Å². The Bertz CT molecular complexity index is 1510. The first-order chi connectivity index (χ1) is 15.1. The Morgan fingerprint density at radius 1 is 0.969 bits per heavy atom. The van der Waals surface area contributed by atoms with Gasteiger partial charge in [-0.1, -0.05) is 41.8 Å². The molecule has 3 aromatic heterocycles. The van der Waals surface area contributed by atoms with Gasteiger partial charge in [0.25, 0.3) is 0 Å². The number of rotatable bonds is 3. The summed E-state index contributed by atoms with van der Waals surface area (Å²) < 4.78 is 2.22. The summed E-state index contributed by atoms with van der Waals surface area (Å²) in [5.41, 5.74) is 8.85. The molecule has 1 radical (unpaired) electrons. The predicted octanol–water partition coefficient (Wildman–Crippen LogP) is 6.90. The molecule has 2 aromatic carbocycles. The molecule has 5 aromatic rings. The molecule has 0 atom stereocenters. The molecule has 0 unspecified atom stereocenters. The van der Waals surface area contributed by atoms with Crippen molar-refractivity contribution in [1.82, 2.24) is 14.5 Å². The molecule has 0 aliphatic carbocycles. The van der Waals surface area contributed by atoms with Gasteiger partial charge in [-0.15, -0.1) is 11.6 Å². The van der Waals surface area contributed by atoms with Crippen molar-refractivity contribution >= 4 is 27.6 Å². The van der Waals surface area contributed by atoms with Crippen LogP contribution in [0.3, 0.4) is 0 Å². The fourth-order valence-electron chi connectivity index (χ4n) is 4.28. The van der Waals surface area contributed by atoms with E-state index < -0.39 is 0 Å². The van der Waals surface area contributed by atoms with E-state index in [0.717, 1.165) is 51.1 Å². The molecule has 32 heavy (non-hydrogen) atoms. The molecule has 0 N–H and O–H groups in total. The van der Waals surface area contributed by atoms with Crippen LogP contribution in [0.25, 0.3) is 49.2 Å². The normalized spacial score (nSPS) is 10.8. The molecule has 3 heterocycles. The van der Waals surface area contributed by atoms with Gasteiger partial charge in [-0.3, -0.25) is 0 Å². The molecule has 5 rings (SSSR count). The topological polar surface area (TPSA) is 35.1 Å². The summed E-state index contributed by atoms with van der Waals surface area (Å²) in [7, 11) is 0. The second-order valence-electron chi connectivity index (χ2n) is 7.78. The van der Waals surface area contributed by atoms with Crippen molar-refractivity contribution in [2.75, 3.05) is 0 Å². The molecule has 0 saturated carbocycles. The molecular formula is C27H21IrN4-. The van der Waals surface area contributed by atoms with Gasteiger partial charge in [0, 0.05) is 43.9 Å². The molecule has 0 aliphatic heterocycles. The van der Waals surface area contributed by atoms with Gasteiger partial charge in [0.1, 0.15) is 0 Å². The van der Waals surface area contributed by atoms with E-state index in [1.54, 1.807) is 0 Å². The number of hydrogen-bond donors (Lipinski definition) is 0. The zero-order chi connectivity index (χ0) is 21.5. The molecule has 5 heteroatoms. The van der Waals surface area contributed by atoms with Gasteiger partial charge >= 0.3 is 0 Å². The standard InChI is InChI=1S/C27H21N4.Ir/c1-5-31-26-9-7-6-8-21(26)23-13-19(15-30-27(23)31)25-12-18(3)24(16-29-25)22-14-20(28-4)11-10-17(22)2;/h6-14,16H,5H2,1-3H3;/q-1;. The number of fused-ring (bicyclic) bond motifs is 3. The molecular weight excluding hydrogens is 573 g/mol. The summed E-state index contributed by atoms with van der Waals surface area (Å²) in [6.45, 7) is 14.4. The second kappa shape index (κ2) is 8.67. The SMILES string of the molecule is [C-]#[N+]c1ccc(C)c(-c2cnc(-c3[c-]nc4c(c3)c3ccccc3n4CC)cc2C)c1.[Ir]. The summed E-state index contributed by atoms with van der Waals surface area (Å²) >= 11 is 0. The molecule has 0 aliphatic rings. The van der Waals surface area contributed by atoms with Crippen LogP contribution in [0.2, 0.25) is 0 Å². The van der Waals surface area contributed by atoms with E-state index in [1.807, 2.05) is 24.4 Å². The molecule has 0 amide bonds. The minimum atomic E-state index is 0. The van der Waals surface area contributed by atoms with Gasteiger partial charge in [-0.25, -0.2) is 4.85 Å². The Hall–Kier alpha value is -3.32. The third-order valence-corrected chi connectivity index (χ3v) is 5.90. The quantitative estimate of drug-likeness (QED) is 0.213. The first-order valence-corrected chi connectivity index (χ1v) is 10.4. The number of para-hydroxylation sites is 1. The Morgan fingerprint density at radius 2 is 1.78 bits per heavy atom. The number of benzene rings is 2. The van der Waals surface area contributed by atoms with Crippen molar-refractivity contribution in [3.63, 3.8) is 0 Å². The smallest absolute Gasteiger partial charge is 0.187 e. The summed E-state index contributed by atoms with van der Waals surface area (Å²) in [4.78, 5) is 13.0. The van der Waals surface area contributed by atoms with Crippen LogP contribution in [0.4, 0.5) is 5.69 Å². The largest absolute Gasteiger partial charge is 0.366 e. The van der Waals surface area contributed by atoms with E-state index in [9.17, 15) is 0 Å². The zero-order valence-electron chi connectivity index (χ0n) is 18.1. The van der Waals surface area contributed by atoms with Crippen LogP contribution in [0.15, 0.2) is 60.8 Å². The minimum Gasteiger partial charge on any atom is -0.366 e. The Labute approximate surface area is 201 Å². The second-order valence-corrected chi connectivity index (χ2v) is 7.78. The molecule has 159 valence electrons. The van der Waals surface area contributed by atoms with Crippen LogP contribution in [0, 0.1) is 26.6 Å². The Balaban J connectivity index is 0.00000245. The molecule has 0 spiro atoms. The maximum absolute atomic E-state index is 7.31. The Kier molecular flexibility index (Phi) is 5.93. The fraction of sp³-hybridized carbons (Fsp3) is 0.148. The maximum Gasteiger partial charge on any atom is 0.187 e. The number of hydrogen-bond acceptors (Lipinski definition) is 2. The molecule has 4 nitrogen and oxygen atoms in total. The van der Waals surface area contributed by atoms with Crippen molar-refractivity contribution < 1.29 is 20.1 Å². The van der Waals surface area contributed by atoms with Crippen LogP contribution in [-0.4, -0.2) is 14.5 Å². The van der Waals surface area contributed by atoms with Gasteiger partial charge in [0.05, 0.1) is 12.2 Å². The number of aryl methyl sites for hydroxylation is 3. The third kappa shape index (κ3) is 3.52. The third-order valence-electron chi connectivity index (χ3n) is 5.90.